The number of carbonyl (C=O) groups is 1. The molecule has 0 spiro atoms. The van der Waals surface area contributed by atoms with E-state index < -0.39 is 0 Å². The molecule has 0 aliphatic carbocycles. The lowest BCUT2D eigenvalue weighted by molar-refractivity contribution is 0.00728. The standard InChI is InChI=1S/C13H18N2O3/c16-8-6-12-10-18-9-7-15(12)13(17)14-11-4-2-1-3-5-11/h1-5,12,16H,6-10H2,(H,14,17). The van der Waals surface area contributed by atoms with Crippen LogP contribution in [0.5, 0.6) is 0 Å². The largest absolute Gasteiger partial charge is 0.396 e. The van der Waals surface area contributed by atoms with E-state index in [0.29, 0.717) is 26.2 Å². The Bertz CT molecular complexity index is 381. The number of para-hydroxylation sites is 1. The minimum absolute atomic E-state index is 0.0486. The summed E-state index contributed by atoms with van der Waals surface area (Å²) in [6.45, 7) is 1.65. The summed E-state index contributed by atoms with van der Waals surface area (Å²) >= 11 is 0. The molecule has 5 heteroatoms. The van der Waals surface area contributed by atoms with Gasteiger partial charge < -0.3 is 20.1 Å². The topological polar surface area (TPSA) is 61.8 Å². The lowest BCUT2D eigenvalue weighted by Crippen LogP contribution is -2.50. The zero-order valence-electron chi connectivity index (χ0n) is 10.2. The summed E-state index contributed by atoms with van der Waals surface area (Å²) in [4.78, 5) is 13.9. The molecule has 0 aromatic heterocycles. The summed E-state index contributed by atoms with van der Waals surface area (Å²) in [5, 5.41) is 11.8. The van der Waals surface area contributed by atoms with E-state index >= 15 is 0 Å². The molecule has 2 N–H and O–H groups in total. The summed E-state index contributed by atoms with van der Waals surface area (Å²) in [6, 6.07) is 9.16. The monoisotopic (exact) mass is 250 g/mol. The molecule has 0 saturated carbocycles. The number of anilines is 1. The number of morpholine rings is 1. The van der Waals surface area contributed by atoms with Gasteiger partial charge in [0.25, 0.3) is 0 Å². The van der Waals surface area contributed by atoms with Gasteiger partial charge in [-0.2, -0.15) is 0 Å². The van der Waals surface area contributed by atoms with Gasteiger partial charge in [0.15, 0.2) is 0 Å². The Hall–Kier alpha value is -1.59. The fourth-order valence-corrected chi connectivity index (χ4v) is 2.03. The Balaban J connectivity index is 1.98. The molecule has 0 bridgehead atoms. The van der Waals surface area contributed by atoms with E-state index in [1.807, 2.05) is 30.3 Å². The van der Waals surface area contributed by atoms with Gasteiger partial charge in [-0.1, -0.05) is 18.2 Å². The SMILES string of the molecule is O=C(Nc1ccccc1)N1CCOCC1CCO. The molecule has 1 aliphatic rings. The highest BCUT2D eigenvalue weighted by Gasteiger charge is 2.26. The minimum Gasteiger partial charge on any atom is -0.396 e. The molecule has 1 heterocycles. The van der Waals surface area contributed by atoms with Crippen molar-refractivity contribution < 1.29 is 14.6 Å². The smallest absolute Gasteiger partial charge is 0.322 e. The second-order valence-corrected chi connectivity index (χ2v) is 4.23. The number of carbonyl (C=O) groups excluding carboxylic acids is 1. The van der Waals surface area contributed by atoms with E-state index in [2.05, 4.69) is 5.32 Å². The van der Waals surface area contributed by atoms with Crippen LogP contribution in [0.4, 0.5) is 10.5 Å². The van der Waals surface area contributed by atoms with Crippen LogP contribution in [0.25, 0.3) is 0 Å². The Morgan fingerprint density at radius 2 is 2.22 bits per heavy atom. The molecular weight excluding hydrogens is 232 g/mol. The Kier molecular flexibility index (Phi) is 4.55. The number of nitrogens with one attached hydrogen (secondary N) is 1. The molecule has 2 amide bonds. The molecule has 18 heavy (non-hydrogen) atoms. The number of benzene rings is 1. The first-order chi connectivity index (χ1) is 8.81. The molecule has 2 rings (SSSR count). The van der Waals surface area contributed by atoms with Crippen molar-refractivity contribution >= 4 is 11.7 Å². The van der Waals surface area contributed by atoms with E-state index in [-0.39, 0.29) is 18.7 Å². The summed E-state index contributed by atoms with van der Waals surface area (Å²) in [6.07, 6.45) is 0.544. The van der Waals surface area contributed by atoms with Crippen LogP contribution in [0.3, 0.4) is 0 Å². The summed E-state index contributed by atoms with van der Waals surface area (Å²) in [5.74, 6) is 0. The Labute approximate surface area is 106 Å². The van der Waals surface area contributed by atoms with Crippen molar-refractivity contribution in [2.45, 2.75) is 12.5 Å². The first kappa shape index (κ1) is 12.9. The van der Waals surface area contributed by atoms with Gasteiger partial charge in [0.2, 0.25) is 0 Å². The summed E-state index contributed by atoms with van der Waals surface area (Å²) in [7, 11) is 0. The maximum atomic E-state index is 12.1. The second kappa shape index (κ2) is 6.37. The van der Waals surface area contributed by atoms with Crippen LogP contribution >= 0.6 is 0 Å². The number of aliphatic hydroxyl groups is 1. The number of rotatable bonds is 3. The van der Waals surface area contributed by atoms with Crippen LogP contribution < -0.4 is 5.32 Å². The number of ether oxygens (including phenoxy) is 1. The van der Waals surface area contributed by atoms with Crippen LogP contribution in [0.15, 0.2) is 30.3 Å². The molecule has 1 saturated heterocycles. The van der Waals surface area contributed by atoms with Gasteiger partial charge in [0.05, 0.1) is 19.3 Å². The van der Waals surface area contributed by atoms with Gasteiger partial charge in [-0.15, -0.1) is 0 Å². The maximum Gasteiger partial charge on any atom is 0.322 e. The molecule has 98 valence electrons. The lowest BCUT2D eigenvalue weighted by atomic mass is 10.2. The predicted octanol–water partition coefficient (Wildman–Crippen LogP) is 1.30. The van der Waals surface area contributed by atoms with E-state index in [4.69, 9.17) is 9.84 Å². The van der Waals surface area contributed by atoms with Gasteiger partial charge in [0.1, 0.15) is 0 Å². The first-order valence-electron chi connectivity index (χ1n) is 6.12. The fourth-order valence-electron chi connectivity index (χ4n) is 2.03. The zero-order valence-corrected chi connectivity index (χ0v) is 10.2. The number of urea groups is 1. The van der Waals surface area contributed by atoms with Gasteiger partial charge in [-0.3, -0.25) is 0 Å². The third-order valence-electron chi connectivity index (χ3n) is 2.98. The minimum atomic E-state index is -0.136. The van der Waals surface area contributed by atoms with Crippen molar-refractivity contribution in [3.8, 4) is 0 Å². The molecule has 1 aromatic rings. The number of hydrogen-bond donors (Lipinski definition) is 2. The normalized spacial score (nSPS) is 19.6. The molecule has 1 aliphatic heterocycles. The zero-order chi connectivity index (χ0) is 12.8. The molecule has 1 aromatic carbocycles. The molecule has 1 atom stereocenters. The quantitative estimate of drug-likeness (QED) is 0.850. The summed E-state index contributed by atoms with van der Waals surface area (Å²) < 4.78 is 5.33. The molecule has 0 radical (unpaired) electrons. The van der Waals surface area contributed by atoms with Crippen molar-refractivity contribution in [3.05, 3.63) is 30.3 Å². The highest BCUT2D eigenvalue weighted by atomic mass is 16.5. The van der Waals surface area contributed by atoms with Crippen molar-refractivity contribution in [1.29, 1.82) is 0 Å². The van der Waals surface area contributed by atoms with Crippen LogP contribution in [-0.4, -0.2) is 48.4 Å². The predicted molar refractivity (Wildman–Crippen MR) is 68.5 cm³/mol. The summed E-state index contributed by atoms with van der Waals surface area (Å²) in [5.41, 5.74) is 0.775. The number of aliphatic hydroxyl groups excluding tert-OH is 1. The van der Waals surface area contributed by atoms with Gasteiger partial charge in [-0.25, -0.2) is 4.79 Å². The van der Waals surface area contributed by atoms with E-state index in [9.17, 15) is 4.79 Å². The number of hydrogen-bond acceptors (Lipinski definition) is 3. The Morgan fingerprint density at radius 3 is 2.94 bits per heavy atom. The van der Waals surface area contributed by atoms with Crippen LogP contribution in [-0.2, 0) is 4.74 Å². The van der Waals surface area contributed by atoms with E-state index in [1.165, 1.54) is 0 Å². The fraction of sp³-hybridized carbons (Fsp3) is 0.462. The van der Waals surface area contributed by atoms with Crippen LogP contribution in [0.1, 0.15) is 6.42 Å². The van der Waals surface area contributed by atoms with Crippen molar-refractivity contribution in [3.63, 3.8) is 0 Å². The third kappa shape index (κ3) is 3.21. The molecule has 1 fully saturated rings. The highest BCUT2D eigenvalue weighted by molar-refractivity contribution is 5.89. The van der Waals surface area contributed by atoms with Crippen molar-refractivity contribution in [1.82, 2.24) is 4.90 Å². The van der Waals surface area contributed by atoms with E-state index in [0.717, 1.165) is 5.69 Å². The second-order valence-electron chi connectivity index (χ2n) is 4.23. The average Bonchev–Trinajstić information content (AvgIpc) is 2.41. The number of amides is 2. The van der Waals surface area contributed by atoms with Gasteiger partial charge >= 0.3 is 6.03 Å². The van der Waals surface area contributed by atoms with Gasteiger partial charge in [0, 0.05) is 18.8 Å². The maximum absolute atomic E-state index is 12.1. The van der Waals surface area contributed by atoms with Crippen LogP contribution in [0, 0.1) is 0 Å². The van der Waals surface area contributed by atoms with Crippen molar-refractivity contribution in [2.75, 3.05) is 31.7 Å². The van der Waals surface area contributed by atoms with Crippen LogP contribution in [0.2, 0.25) is 0 Å². The highest BCUT2D eigenvalue weighted by Crippen LogP contribution is 2.13. The molecule has 1 unspecified atom stereocenters. The van der Waals surface area contributed by atoms with Crippen molar-refractivity contribution in [2.24, 2.45) is 0 Å². The Morgan fingerprint density at radius 1 is 1.44 bits per heavy atom. The third-order valence-corrected chi connectivity index (χ3v) is 2.98. The molecule has 5 nitrogen and oxygen atoms in total. The first-order valence-corrected chi connectivity index (χ1v) is 6.12. The lowest BCUT2D eigenvalue weighted by Gasteiger charge is -2.35. The van der Waals surface area contributed by atoms with Gasteiger partial charge in [-0.05, 0) is 18.6 Å². The number of nitrogens with zero attached hydrogens (tertiary/aromatic N) is 1. The average molecular weight is 250 g/mol. The molecular formula is C13H18N2O3. The van der Waals surface area contributed by atoms with E-state index in [1.54, 1.807) is 4.90 Å².